The first-order chi connectivity index (χ1) is 3.81. The van der Waals surface area contributed by atoms with E-state index in [9.17, 15) is 13.2 Å². The van der Waals surface area contributed by atoms with E-state index in [0.717, 1.165) is 0 Å². The van der Waals surface area contributed by atoms with Crippen LogP contribution in [0.1, 0.15) is 20.3 Å². The van der Waals surface area contributed by atoms with E-state index in [1.807, 2.05) is 0 Å². The van der Waals surface area contributed by atoms with Gasteiger partial charge in [0.25, 0.3) is 5.92 Å². The molecule has 1 atom stereocenters. The Bertz CT molecular complexity index is 94.9. The van der Waals surface area contributed by atoms with E-state index in [0.29, 0.717) is 6.92 Å². The third-order valence-electron chi connectivity index (χ3n) is 1.09. The Balaban J connectivity index is 4.14. The quantitative estimate of drug-likeness (QED) is 0.545. The summed E-state index contributed by atoms with van der Waals surface area (Å²) in [5.74, 6) is -3.46. The van der Waals surface area contributed by atoms with Gasteiger partial charge in [-0.3, -0.25) is 0 Å². The second kappa shape index (κ2) is 2.37. The summed E-state index contributed by atoms with van der Waals surface area (Å²) in [6.45, 7) is 1.73. The summed E-state index contributed by atoms with van der Waals surface area (Å²) in [4.78, 5) is 0. The van der Waals surface area contributed by atoms with Crippen LogP contribution in [0.4, 0.5) is 13.2 Å². The molecule has 0 heterocycles. The molecule has 56 valence electrons. The molecule has 0 saturated carbocycles. The molecule has 0 radical (unpaired) electrons. The van der Waals surface area contributed by atoms with Gasteiger partial charge in [0.1, 0.15) is 0 Å². The Morgan fingerprint density at radius 3 is 1.67 bits per heavy atom. The zero-order valence-corrected chi connectivity index (χ0v) is 5.97. The lowest BCUT2D eigenvalue weighted by atomic mass is 10.2. The van der Waals surface area contributed by atoms with Crippen molar-refractivity contribution in [2.75, 3.05) is 0 Å². The molecular formula is C5H8ClF3. The zero-order valence-electron chi connectivity index (χ0n) is 5.22. The van der Waals surface area contributed by atoms with Crippen LogP contribution in [0, 0.1) is 0 Å². The van der Waals surface area contributed by atoms with Gasteiger partial charge in [-0.25, -0.2) is 13.2 Å². The Morgan fingerprint density at radius 1 is 1.33 bits per heavy atom. The highest BCUT2D eigenvalue weighted by atomic mass is 35.5. The normalized spacial score (nSPS) is 19.3. The predicted molar refractivity (Wildman–Crippen MR) is 30.6 cm³/mol. The summed E-state index contributed by atoms with van der Waals surface area (Å²) in [5, 5.41) is -2.88. The van der Waals surface area contributed by atoms with Gasteiger partial charge in [0.05, 0.1) is 0 Å². The SMILES string of the molecule is CCC(F)(Cl)C(C)(F)F. The summed E-state index contributed by atoms with van der Waals surface area (Å²) < 4.78 is 36.3. The number of hydrogen-bond acceptors (Lipinski definition) is 0. The first-order valence-corrected chi connectivity index (χ1v) is 2.94. The van der Waals surface area contributed by atoms with Crippen LogP contribution >= 0.6 is 11.6 Å². The summed E-state index contributed by atoms with van der Waals surface area (Å²) in [5.41, 5.74) is 0. The van der Waals surface area contributed by atoms with Gasteiger partial charge in [-0.05, 0) is 6.42 Å². The molecule has 0 aromatic rings. The molecule has 0 aliphatic rings. The van der Waals surface area contributed by atoms with Crippen LogP contribution < -0.4 is 0 Å². The number of halogens is 4. The third-order valence-corrected chi connectivity index (χ3v) is 1.69. The van der Waals surface area contributed by atoms with E-state index >= 15 is 0 Å². The van der Waals surface area contributed by atoms with Crippen molar-refractivity contribution in [1.29, 1.82) is 0 Å². The van der Waals surface area contributed by atoms with Gasteiger partial charge in [-0.1, -0.05) is 18.5 Å². The largest absolute Gasteiger partial charge is 0.292 e. The highest BCUT2D eigenvalue weighted by Gasteiger charge is 2.47. The first-order valence-electron chi connectivity index (χ1n) is 2.57. The maximum absolute atomic E-state index is 12.3. The summed E-state index contributed by atoms with van der Waals surface area (Å²) in [6, 6.07) is 0. The molecule has 0 fully saturated rings. The Labute approximate surface area is 57.0 Å². The number of rotatable bonds is 2. The molecule has 1 unspecified atom stereocenters. The van der Waals surface area contributed by atoms with E-state index in [-0.39, 0.29) is 0 Å². The monoisotopic (exact) mass is 160 g/mol. The van der Waals surface area contributed by atoms with Crippen LogP contribution in [-0.2, 0) is 0 Å². The van der Waals surface area contributed by atoms with E-state index in [1.165, 1.54) is 6.92 Å². The fraction of sp³-hybridized carbons (Fsp3) is 1.00. The Kier molecular flexibility index (Phi) is 2.39. The predicted octanol–water partition coefficient (Wildman–Crippen LogP) is 2.96. The molecule has 0 saturated heterocycles. The lowest BCUT2D eigenvalue weighted by Gasteiger charge is -2.22. The molecule has 0 bridgehead atoms. The molecular weight excluding hydrogens is 153 g/mol. The highest BCUT2D eigenvalue weighted by Crippen LogP contribution is 2.38. The van der Waals surface area contributed by atoms with Crippen LogP contribution in [0.5, 0.6) is 0 Å². The molecule has 4 heteroatoms. The summed E-state index contributed by atoms with van der Waals surface area (Å²) in [6.07, 6.45) is -0.391. The molecule has 0 aliphatic carbocycles. The maximum Gasteiger partial charge on any atom is 0.292 e. The van der Waals surface area contributed by atoms with E-state index in [2.05, 4.69) is 0 Å². The van der Waals surface area contributed by atoms with Gasteiger partial charge in [-0.15, -0.1) is 0 Å². The van der Waals surface area contributed by atoms with Crippen LogP contribution in [0.2, 0.25) is 0 Å². The van der Waals surface area contributed by atoms with Crippen molar-refractivity contribution < 1.29 is 13.2 Å². The zero-order chi connectivity index (χ0) is 7.71. The van der Waals surface area contributed by atoms with Gasteiger partial charge in [0.15, 0.2) is 0 Å². The van der Waals surface area contributed by atoms with Crippen LogP contribution in [0.25, 0.3) is 0 Å². The smallest absolute Gasteiger partial charge is 0.220 e. The van der Waals surface area contributed by atoms with Crippen molar-refractivity contribution in [2.24, 2.45) is 0 Å². The topological polar surface area (TPSA) is 0 Å². The fourth-order valence-electron chi connectivity index (χ4n) is 0.310. The minimum Gasteiger partial charge on any atom is -0.220 e. The van der Waals surface area contributed by atoms with Crippen molar-refractivity contribution in [1.82, 2.24) is 0 Å². The lowest BCUT2D eigenvalue weighted by molar-refractivity contribution is -0.0796. The van der Waals surface area contributed by atoms with Crippen molar-refractivity contribution in [3.8, 4) is 0 Å². The molecule has 9 heavy (non-hydrogen) atoms. The van der Waals surface area contributed by atoms with Crippen molar-refractivity contribution in [3.63, 3.8) is 0 Å². The molecule has 0 rings (SSSR count). The van der Waals surface area contributed by atoms with Crippen LogP contribution in [0.3, 0.4) is 0 Å². The molecule has 0 aromatic carbocycles. The minimum absolute atomic E-state index is 0.391. The molecule has 0 nitrogen and oxygen atoms in total. The first kappa shape index (κ1) is 9.08. The van der Waals surface area contributed by atoms with Crippen molar-refractivity contribution >= 4 is 11.6 Å². The molecule has 0 N–H and O–H groups in total. The number of alkyl halides is 4. The molecule has 0 amide bonds. The molecule has 0 aromatic heterocycles. The van der Waals surface area contributed by atoms with Gasteiger partial charge in [-0.2, -0.15) is 0 Å². The highest BCUT2D eigenvalue weighted by molar-refractivity contribution is 6.23. The molecule has 0 aliphatic heterocycles. The van der Waals surface area contributed by atoms with Gasteiger partial charge < -0.3 is 0 Å². The van der Waals surface area contributed by atoms with E-state index in [1.54, 1.807) is 0 Å². The second-order valence-corrected chi connectivity index (χ2v) is 2.55. The summed E-state index contributed by atoms with van der Waals surface area (Å²) in [7, 11) is 0. The van der Waals surface area contributed by atoms with Crippen LogP contribution in [0.15, 0.2) is 0 Å². The lowest BCUT2D eigenvalue weighted by Crippen LogP contribution is -2.35. The molecule has 0 spiro atoms. The van der Waals surface area contributed by atoms with Crippen LogP contribution in [-0.4, -0.2) is 11.1 Å². The number of hydrogen-bond donors (Lipinski definition) is 0. The Morgan fingerprint density at radius 2 is 1.67 bits per heavy atom. The fourth-order valence-corrected chi connectivity index (χ4v) is 0.310. The third kappa shape index (κ3) is 2.05. The van der Waals surface area contributed by atoms with Crippen molar-refractivity contribution in [3.05, 3.63) is 0 Å². The van der Waals surface area contributed by atoms with Gasteiger partial charge in [0, 0.05) is 6.92 Å². The average molecular weight is 161 g/mol. The van der Waals surface area contributed by atoms with E-state index in [4.69, 9.17) is 11.6 Å². The minimum atomic E-state index is -3.46. The Hall–Kier alpha value is 0.0800. The standard InChI is InChI=1S/C5H8ClF3/c1-3-5(6,9)4(2,7)8/h3H2,1-2H3. The van der Waals surface area contributed by atoms with Gasteiger partial charge in [0.2, 0.25) is 5.13 Å². The maximum atomic E-state index is 12.3. The second-order valence-electron chi connectivity index (χ2n) is 1.95. The average Bonchev–Trinajstić information content (AvgIpc) is 1.64. The van der Waals surface area contributed by atoms with Gasteiger partial charge >= 0.3 is 0 Å². The summed E-state index contributed by atoms with van der Waals surface area (Å²) >= 11 is 4.78. The van der Waals surface area contributed by atoms with Crippen molar-refractivity contribution in [2.45, 2.75) is 31.3 Å². The van der Waals surface area contributed by atoms with E-state index < -0.39 is 17.5 Å².